The molecule has 0 aliphatic carbocycles. The monoisotopic (exact) mass is 470 g/mol. The number of aromatic hydroxyl groups is 1. The van der Waals surface area contributed by atoms with Crippen LogP contribution in [0.2, 0.25) is 0 Å². The summed E-state index contributed by atoms with van der Waals surface area (Å²) in [7, 11) is 0. The number of fused-ring (bicyclic) bond motifs is 2. The first-order chi connectivity index (χ1) is 17.0. The molecule has 3 atom stereocenters. The molecule has 5 rings (SSSR count). The lowest BCUT2D eigenvalue weighted by Gasteiger charge is -2.43. The van der Waals surface area contributed by atoms with E-state index in [0.717, 1.165) is 10.8 Å². The van der Waals surface area contributed by atoms with Crippen LogP contribution in [0, 0.1) is 17.2 Å². The molecule has 2 unspecified atom stereocenters. The van der Waals surface area contributed by atoms with Crippen molar-refractivity contribution in [3.05, 3.63) is 60.4 Å². The van der Waals surface area contributed by atoms with E-state index in [0.29, 0.717) is 31.0 Å². The number of nitrogens with zero attached hydrogens (tertiary/aromatic N) is 6. The smallest absolute Gasteiger partial charge is 0.246 e. The third-order valence-electron chi connectivity index (χ3n) is 6.60. The van der Waals surface area contributed by atoms with Gasteiger partial charge in [-0.05, 0) is 29.0 Å². The van der Waals surface area contributed by atoms with Crippen LogP contribution >= 0.6 is 0 Å². The number of amidine groups is 1. The van der Waals surface area contributed by atoms with Gasteiger partial charge in [-0.2, -0.15) is 5.26 Å². The lowest BCUT2D eigenvalue weighted by molar-refractivity contribution is -0.130. The summed E-state index contributed by atoms with van der Waals surface area (Å²) in [5, 5.41) is 21.0. The molecule has 2 aromatic carbocycles. The predicted molar refractivity (Wildman–Crippen MR) is 133 cm³/mol. The Kier molecular flexibility index (Phi) is 5.87. The maximum Gasteiger partial charge on any atom is 0.246 e. The zero-order valence-electron chi connectivity index (χ0n) is 18.9. The van der Waals surface area contributed by atoms with Gasteiger partial charge in [0.1, 0.15) is 29.7 Å². The van der Waals surface area contributed by atoms with Crippen molar-refractivity contribution in [2.75, 3.05) is 19.6 Å². The van der Waals surface area contributed by atoms with Gasteiger partial charge in [-0.25, -0.2) is 9.38 Å². The summed E-state index contributed by atoms with van der Waals surface area (Å²) < 4.78 is 15.9. The summed E-state index contributed by atoms with van der Waals surface area (Å²) in [5.74, 6) is -0.590. The molecule has 176 valence electrons. The lowest BCUT2D eigenvalue weighted by Crippen LogP contribution is -2.58. The molecule has 3 heterocycles. The van der Waals surface area contributed by atoms with E-state index in [-0.39, 0.29) is 29.8 Å². The molecule has 3 aliphatic heterocycles. The van der Waals surface area contributed by atoms with E-state index in [4.69, 9.17) is 0 Å². The number of halogens is 1. The summed E-state index contributed by atoms with van der Waals surface area (Å²) in [4.78, 5) is 29.1. The van der Waals surface area contributed by atoms with Crippen LogP contribution in [-0.2, 0) is 4.79 Å². The number of nitriles is 1. The molecule has 1 saturated heterocycles. The van der Waals surface area contributed by atoms with E-state index >= 15 is 4.39 Å². The fourth-order valence-electron chi connectivity index (χ4n) is 4.94. The van der Waals surface area contributed by atoms with Gasteiger partial charge in [0.25, 0.3) is 0 Å². The largest absolute Gasteiger partial charge is 0.508 e. The van der Waals surface area contributed by atoms with E-state index in [2.05, 4.69) is 27.6 Å². The number of amides is 1. The summed E-state index contributed by atoms with van der Waals surface area (Å²) >= 11 is 0. The second-order valence-electron chi connectivity index (χ2n) is 8.61. The van der Waals surface area contributed by atoms with Gasteiger partial charge in [0.05, 0.1) is 24.4 Å². The Bertz CT molecular complexity index is 1370. The van der Waals surface area contributed by atoms with Gasteiger partial charge in [-0.3, -0.25) is 14.8 Å². The van der Waals surface area contributed by atoms with Gasteiger partial charge in [-0.1, -0.05) is 30.8 Å². The fraction of sp³-hybridized carbons (Fsp3) is 0.269. The second kappa shape index (κ2) is 9.14. The van der Waals surface area contributed by atoms with Crippen molar-refractivity contribution in [3.8, 4) is 11.8 Å². The van der Waals surface area contributed by atoms with Crippen LogP contribution in [0.5, 0.6) is 5.75 Å². The van der Waals surface area contributed by atoms with Crippen molar-refractivity contribution >= 4 is 40.8 Å². The van der Waals surface area contributed by atoms with E-state index in [1.165, 1.54) is 18.5 Å². The van der Waals surface area contributed by atoms with Crippen molar-refractivity contribution < 1.29 is 14.3 Å². The molecule has 1 fully saturated rings. The van der Waals surface area contributed by atoms with E-state index < -0.39 is 17.8 Å². The Hall–Kier alpha value is -4.32. The average Bonchev–Trinajstić information content (AvgIpc) is 2.88. The Balaban J connectivity index is 1.45. The molecule has 9 heteroatoms. The second-order valence-corrected chi connectivity index (χ2v) is 8.61. The van der Waals surface area contributed by atoms with Crippen LogP contribution in [0.3, 0.4) is 0 Å². The van der Waals surface area contributed by atoms with Crippen molar-refractivity contribution in [2.45, 2.75) is 18.5 Å². The number of hydrogen-bond donors (Lipinski definition) is 1. The van der Waals surface area contributed by atoms with Crippen LogP contribution in [0.4, 0.5) is 4.39 Å². The molecule has 0 bridgehead atoms. The number of hydrogen-bond acceptors (Lipinski definition) is 7. The first-order valence-electron chi connectivity index (χ1n) is 11.3. The Morgan fingerprint density at radius 2 is 2.14 bits per heavy atom. The van der Waals surface area contributed by atoms with Gasteiger partial charge >= 0.3 is 0 Å². The molecule has 2 aromatic rings. The number of carbonyl (C=O) groups is 1. The third-order valence-corrected chi connectivity index (χ3v) is 6.60. The Morgan fingerprint density at radius 3 is 2.94 bits per heavy atom. The van der Waals surface area contributed by atoms with Crippen LogP contribution in [0.25, 0.3) is 16.5 Å². The average molecular weight is 471 g/mol. The summed E-state index contributed by atoms with van der Waals surface area (Å²) in [6.07, 6.45) is 4.43. The van der Waals surface area contributed by atoms with Gasteiger partial charge in [0.15, 0.2) is 5.83 Å². The fourth-order valence-corrected chi connectivity index (χ4v) is 4.94. The molecule has 1 amide bonds. The predicted octanol–water partition coefficient (Wildman–Crippen LogP) is 3.31. The lowest BCUT2D eigenvalue weighted by atomic mass is 9.90. The highest BCUT2D eigenvalue weighted by Gasteiger charge is 2.40. The number of benzene rings is 2. The minimum absolute atomic E-state index is 0.0289. The van der Waals surface area contributed by atoms with Gasteiger partial charge in [-0.15, -0.1) is 0 Å². The Morgan fingerprint density at radius 1 is 1.31 bits per heavy atom. The van der Waals surface area contributed by atoms with Crippen molar-refractivity contribution in [2.24, 2.45) is 20.9 Å². The normalized spacial score (nSPS) is 23.7. The number of carbonyl (C=O) groups excluding carboxylic acids is 1. The summed E-state index contributed by atoms with van der Waals surface area (Å²) in [6.45, 7) is 4.83. The van der Waals surface area contributed by atoms with Gasteiger partial charge in [0, 0.05) is 31.4 Å². The highest BCUT2D eigenvalue weighted by atomic mass is 19.1. The third kappa shape index (κ3) is 3.97. The Labute approximate surface area is 201 Å². The van der Waals surface area contributed by atoms with E-state index in [1.54, 1.807) is 17.2 Å². The maximum atomic E-state index is 15.9. The number of phenolic OH excluding ortho intramolecular Hbond substituents is 1. The van der Waals surface area contributed by atoms with Crippen LogP contribution < -0.4 is 0 Å². The van der Waals surface area contributed by atoms with Crippen molar-refractivity contribution in [1.29, 1.82) is 5.26 Å². The first kappa shape index (κ1) is 22.5. The number of phenols is 1. The topological polar surface area (TPSA) is 105 Å². The van der Waals surface area contributed by atoms with E-state index in [1.807, 2.05) is 29.2 Å². The highest BCUT2D eigenvalue weighted by Crippen LogP contribution is 2.38. The zero-order valence-corrected chi connectivity index (χ0v) is 18.9. The van der Waals surface area contributed by atoms with Crippen LogP contribution in [0.15, 0.2) is 69.9 Å². The molecule has 3 aliphatic rings. The number of aliphatic imine (C=N–C) groups is 3. The first-order valence-corrected chi connectivity index (χ1v) is 11.3. The summed E-state index contributed by atoms with van der Waals surface area (Å²) in [5.41, 5.74) is 0.637. The molecule has 0 saturated carbocycles. The zero-order chi connectivity index (χ0) is 24.5. The maximum absolute atomic E-state index is 15.9. The van der Waals surface area contributed by atoms with Crippen molar-refractivity contribution in [1.82, 2.24) is 9.80 Å². The molecule has 35 heavy (non-hydrogen) atoms. The summed E-state index contributed by atoms with van der Waals surface area (Å²) in [6, 6.07) is 11.5. The number of rotatable bonds is 3. The molecule has 0 spiro atoms. The molecular formula is C26H23FN6O2. The van der Waals surface area contributed by atoms with Gasteiger partial charge < -0.3 is 14.9 Å². The highest BCUT2D eigenvalue weighted by molar-refractivity contribution is 6.06. The molecular weight excluding hydrogens is 447 g/mol. The van der Waals surface area contributed by atoms with Gasteiger partial charge in [0.2, 0.25) is 5.91 Å². The van der Waals surface area contributed by atoms with Crippen molar-refractivity contribution in [3.63, 3.8) is 0 Å². The molecule has 8 nitrogen and oxygen atoms in total. The van der Waals surface area contributed by atoms with E-state index in [9.17, 15) is 15.2 Å². The standard InChI is InChI=1S/C26H23FN6O2/c1-2-22(35)33-10-9-32(14-17(33)7-8-28)26-21-13-29-24(23(27)25(21)30-15-31-26)20-12-18(34)11-16-5-3-4-6-19(16)20/h2-6,11-13,15,17,21,25,34H,1,7,9-10,14H2/t17-,21?,25?/m0/s1. The quantitative estimate of drug-likeness (QED) is 0.695. The SMILES string of the molecule is C=CC(=O)N1CCN(C2=NC=NC3C(F)=C(c4cc(O)cc5ccccc45)N=CC23)C[C@@H]1CC#N. The van der Waals surface area contributed by atoms with Crippen LogP contribution in [0.1, 0.15) is 12.0 Å². The molecule has 1 N–H and O–H groups in total. The minimum Gasteiger partial charge on any atom is -0.508 e. The number of piperazine rings is 1. The molecule has 0 aromatic heterocycles. The minimum atomic E-state index is -0.835. The molecule has 0 radical (unpaired) electrons. The van der Waals surface area contributed by atoms with Crippen LogP contribution in [-0.4, -0.2) is 70.9 Å².